The molecule has 0 aromatic carbocycles. The highest BCUT2D eigenvalue weighted by Crippen LogP contribution is 1.99. The third-order valence-electron chi connectivity index (χ3n) is 1.30. The third-order valence-corrected chi connectivity index (χ3v) is 1.30. The number of allylic oxidation sites excluding steroid dienone is 1. The molecule has 0 bridgehead atoms. The van der Waals surface area contributed by atoms with Gasteiger partial charge in [-0.3, -0.25) is 0 Å². The van der Waals surface area contributed by atoms with Crippen LogP contribution in [0.2, 0.25) is 0 Å². The van der Waals surface area contributed by atoms with Crippen LogP contribution < -0.4 is 0 Å². The van der Waals surface area contributed by atoms with Crippen LogP contribution in [-0.4, -0.2) is 12.6 Å². The van der Waals surface area contributed by atoms with E-state index in [9.17, 15) is 4.79 Å². The molecule has 0 saturated carbocycles. The molecule has 2 nitrogen and oxygen atoms in total. The Hall–Kier alpha value is -0.790. The highest BCUT2D eigenvalue weighted by molar-refractivity contribution is 5.87. The largest absolute Gasteiger partial charge is 0.462 e. The zero-order valence-electron chi connectivity index (χ0n) is 7.68. The summed E-state index contributed by atoms with van der Waals surface area (Å²) >= 11 is 0. The molecule has 0 rings (SSSR count). The topological polar surface area (TPSA) is 26.3 Å². The number of ether oxygens (including phenoxy) is 1. The lowest BCUT2D eigenvalue weighted by Gasteiger charge is -2.06. The second-order valence-corrected chi connectivity index (χ2v) is 2.96. The fourth-order valence-corrected chi connectivity index (χ4v) is 0.474. The highest BCUT2D eigenvalue weighted by Gasteiger charge is 2.04. The van der Waals surface area contributed by atoms with Gasteiger partial charge in [-0.25, -0.2) is 4.79 Å². The predicted octanol–water partition coefficient (Wildman–Crippen LogP) is 2.15. The molecule has 0 aliphatic heterocycles. The summed E-state index contributed by atoms with van der Waals surface area (Å²) < 4.78 is 4.95. The second kappa shape index (κ2) is 4.94. The summed E-state index contributed by atoms with van der Waals surface area (Å²) in [5, 5.41) is 0. The van der Waals surface area contributed by atoms with E-state index in [1.165, 1.54) is 0 Å². The maximum absolute atomic E-state index is 11.0. The minimum atomic E-state index is -0.207. The van der Waals surface area contributed by atoms with Gasteiger partial charge in [0.1, 0.15) is 0 Å². The lowest BCUT2D eigenvalue weighted by Crippen LogP contribution is -2.10. The molecule has 0 radical (unpaired) electrons. The van der Waals surface area contributed by atoms with Gasteiger partial charge in [-0.1, -0.05) is 19.9 Å². The van der Waals surface area contributed by atoms with Crippen molar-refractivity contribution in [3.63, 3.8) is 0 Å². The monoisotopic (exact) mass is 156 g/mol. The highest BCUT2D eigenvalue weighted by atomic mass is 16.5. The first-order valence-corrected chi connectivity index (χ1v) is 3.88. The Morgan fingerprint density at radius 2 is 2.09 bits per heavy atom. The van der Waals surface area contributed by atoms with E-state index in [-0.39, 0.29) is 5.97 Å². The Bertz CT molecular complexity index is 157. The van der Waals surface area contributed by atoms with Gasteiger partial charge in [0.05, 0.1) is 6.61 Å². The van der Waals surface area contributed by atoms with Crippen molar-refractivity contribution in [2.45, 2.75) is 27.7 Å². The van der Waals surface area contributed by atoms with Crippen LogP contribution in [-0.2, 0) is 9.53 Å². The van der Waals surface area contributed by atoms with E-state index in [0.717, 1.165) is 0 Å². The summed E-state index contributed by atoms with van der Waals surface area (Å²) in [6.45, 7) is 8.11. The van der Waals surface area contributed by atoms with Crippen LogP contribution >= 0.6 is 0 Å². The van der Waals surface area contributed by atoms with Gasteiger partial charge >= 0.3 is 5.97 Å². The molecule has 11 heavy (non-hydrogen) atoms. The van der Waals surface area contributed by atoms with E-state index in [4.69, 9.17) is 4.74 Å². The molecule has 0 aromatic rings. The molecule has 0 aliphatic rings. The summed E-state index contributed by atoms with van der Waals surface area (Å²) in [6, 6.07) is 0. The number of carbonyl (C=O) groups excluding carboxylic acids is 1. The van der Waals surface area contributed by atoms with E-state index in [1.807, 2.05) is 20.8 Å². The quantitative estimate of drug-likeness (QED) is 0.462. The second-order valence-electron chi connectivity index (χ2n) is 2.96. The predicted molar refractivity (Wildman–Crippen MR) is 45.2 cm³/mol. The van der Waals surface area contributed by atoms with Gasteiger partial charge in [0.25, 0.3) is 0 Å². The van der Waals surface area contributed by atoms with Gasteiger partial charge in [0.15, 0.2) is 0 Å². The number of rotatable bonds is 3. The van der Waals surface area contributed by atoms with Crippen molar-refractivity contribution in [1.29, 1.82) is 0 Å². The van der Waals surface area contributed by atoms with E-state index in [0.29, 0.717) is 18.1 Å². The number of hydrogen-bond acceptors (Lipinski definition) is 2. The first-order valence-electron chi connectivity index (χ1n) is 3.88. The standard InChI is InChI=1S/C9H16O2/c1-5-8(4)9(10)11-6-7(2)3/h5,7H,6H2,1-4H3/b8-5-. The molecule has 0 unspecified atom stereocenters. The maximum Gasteiger partial charge on any atom is 0.333 e. The van der Waals surface area contributed by atoms with Crippen LogP contribution in [0.3, 0.4) is 0 Å². The van der Waals surface area contributed by atoms with Crippen LogP contribution in [0.1, 0.15) is 27.7 Å². The third kappa shape index (κ3) is 4.59. The molecule has 0 heterocycles. The summed E-state index contributed by atoms with van der Waals surface area (Å²) in [5.74, 6) is 0.199. The first-order chi connectivity index (χ1) is 5.07. The Morgan fingerprint density at radius 3 is 2.45 bits per heavy atom. The maximum atomic E-state index is 11.0. The van der Waals surface area contributed by atoms with Crippen molar-refractivity contribution in [2.24, 2.45) is 5.92 Å². The SMILES string of the molecule is C/C=C(/C)C(=O)OCC(C)C. The smallest absolute Gasteiger partial charge is 0.333 e. The molecule has 0 atom stereocenters. The van der Waals surface area contributed by atoms with Gasteiger partial charge in [0, 0.05) is 5.57 Å². The summed E-state index contributed by atoms with van der Waals surface area (Å²) in [6.07, 6.45) is 1.75. The van der Waals surface area contributed by atoms with Crippen LogP contribution in [0.4, 0.5) is 0 Å². The molecule has 2 heteroatoms. The van der Waals surface area contributed by atoms with Gasteiger partial charge in [-0.2, -0.15) is 0 Å². The van der Waals surface area contributed by atoms with Crippen molar-refractivity contribution in [3.05, 3.63) is 11.6 Å². The van der Waals surface area contributed by atoms with E-state index in [1.54, 1.807) is 13.0 Å². The Kier molecular flexibility index (Phi) is 4.59. The van der Waals surface area contributed by atoms with Crippen molar-refractivity contribution in [3.8, 4) is 0 Å². The molecule has 0 aliphatic carbocycles. The Balaban J connectivity index is 3.71. The number of carbonyl (C=O) groups is 1. The molecule has 0 N–H and O–H groups in total. The number of hydrogen-bond donors (Lipinski definition) is 0. The van der Waals surface area contributed by atoms with Gasteiger partial charge in [-0.15, -0.1) is 0 Å². The van der Waals surface area contributed by atoms with Crippen molar-refractivity contribution in [2.75, 3.05) is 6.61 Å². The summed E-state index contributed by atoms with van der Waals surface area (Å²) in [7, 11) is 0. The van der Waals surface area contributed by atoms with Gasteiger partial charge in [0.2, 0.25) is 0 Å². The Labute approximate surface area is 68.2 Å². The van der Waals surface area contributed by atoms with Crippen molar-refractivity contribution < 1.29 is 9.53 Å². The average Bonchev–Trinajstić information content (AvgIpc) is 1.98. The molecule has 0 amide bonds. The van der Waals surface area contributed by atoms with Crippen LogP contribution in [0.25, 0.3) is 0 Å². The summed E-state index contributed by atoms with van der Waals surface area (Å²) in [4.78, 5) is 11.0. The molecule has 0 spiro atoms. The lowest BCUT2D eigenvalue weighted by molar-refractivity contribution is -0.140. The number of esters is 1. The molecular formula is C9H16O2. The van der Waals surface area contributed by atoms with Crippen LogP contribution in [0.15, 0.2) is 11.6 Å². The fourth-order valence-electron chi connectivity index (χ4n) is 0.474. The first kappa shape index (κ1) is 10.2. The van der Waals surface area contributed by atoms with Crippen molar-refractivity contribution >= 4 is 5.97 Å². The molecule has 0 fully saturated rings. The van der Waals surface area contributed by atoms with E-state index < -0.39 is 0 Å². The molecule has 64 valence electrons. The van der Waals surface area contributed by atoms with E-state index in [2.05, 4.69) is 0 Å². The molecule has 0 saturated heterocycles. The van der Waals surface area contributed by atoms with Gasteiger partial charge in [-0.05, 0) is 19.8 Å². The molecular weight excluding hydrogens is 140 g/mol. The lowest BCUT2D eigenvalue weighted by atomic mass is 10.2. The van der Waals surface area contributed by atoms with Gasteiger partial charge < -0.3 is 4.74 Å². The van der Waals surface area contributed by atoms with Crippen molar-refractivity contribution in [1.82, 2.24) is 0 Å². The minimum Gasteiger partial charge on any atom is -0.462 e. The fraction of sp³-hybridized carbons (Fsp3) is 0.667. The van der Waals surface area contributed by atoms with Crippen LogP contribution in [0.5, 0.6) is 0 Å². The van der Waals surface area contributed by atoms with Crippen LogP contribution in [0, 0.1) is 5.92 Å². The average molecular weight is 156 g/mol. The summed E-state index contributed by atoms with van der Waals surface area (Å²) in [5.41, 5.74) is 0.672. The molecule has 0 aromatic heterocycles. The normalized spacial score (nSPS) is 11.9. The zero-order chi connectivity index (χ0) is 8.85. The zero-order valence-corrected chi connectivity index (χ0v) is 7.68. The minimum absolute atomic E-state index is 0.207. The Morgan fingerprint density at radius 1 is 1.55 bits per heavy atom. The van der Waals surface area contributed by atoms with E-state index >= 15 is 0 Å².